The van der Waals surface area contributed by atoms with E-state index in [-0.39, 0.29) is 0 Å². The number of hydrogen-bond acceptors (Lipinski definition) is 4. The number of rotatable bonds is 2. The molecular formula is C14H10ClN3O. The topological polar surface area (TPSA) is 47.9 Å². The van der Waals surface area contributed by atoms with Crippen molar-refractivity contribution in [3.63, 3.8) is 0 Å². The van der Waals surface area contributed by atoms with Crippen molar-refractivity contribution in [2.45, 2.75) is 0 Å². The van der Waals surface area contributed by atoms with E-state index in [0.717, 1.165) is 22.0 Å². The number of methoxy groups -OCH3 is 1. The summed E-state index contributed by atoms with van der Waals surface area (Å²) in [7, 11) is 1.59. The van der Waals surface area contributed by atoms with E-state index in [1.165, 1.54) is 6.33 Å². The van der Waals surface area contributed by atoms with Gasteiger partial charge < -0.3 is 4.74 Å². The van der Waals surface area contributed by atoms with Crippen molar-refractivity contribution in [1.82, 2.24) is 15.0 Å². The summed E-state index contributed by atoms with van der Waals surface area (Å²) in [5.74, 6) is 0.548. The van der Waals surface area contributed by atoms with Gasteiger partial charge in [-0.05, 0) is 29.8 Å². The molecule has 2 aromatic heterocycles. The van der Waals surface area contributed by atoms with Gasteiger partial charge in [0.1, 0.15) is 11.5 Å². The molecule has 5 heteroatoms. The summed E-state index contributed by atoms with van der Waals surface area (Å²) in [5.41, 5.74) is 2.66. The molecule has 2 heterocycles. The highest BCUT2D eigenvalue weighted by Crippen LogP contribution is 2.30. The van der Waals surface area contributed by atoms with Crippen molar-refractivity contribution in [2.75, 3.05) is 7.11 Å². The number of pyridine rings is 1. The molecule has 0 saturated carbocycles. The average molecular weight is 272 g/mol. The normalized spacial score (nSPS) is 10.6. The lowest BCUT2D eigenvalue weighted by Crippen LogP contribution is -1.91. The standard InChI is InChI=1S/C14H10ClN3O/c1-19-14-11-7-9(4-5-12(11)17-8-18-14)10-3-2-6-16-13(10)15/h2-8H,1H3. The molecule has 1 aromatic carbocycles. The van der Waals surface area contributed by atoms with Crippen LogP contribution in [0.5, 0.6) is 5.88 Å². The second-order valence-electron chi connectivity index (χ2n) is 3.96. The SMILES string of the molecule is COc1ncnc2ccc(-c3cccnc3Cl)cc12. The Morgan fingerprint density at radius 1 is 1.11 bits per heavy atom. The van der Waals surface area contributed by atoms with Gasteiger partial charge in [-0.3, -0.25) is 0 Å². The summed E-state index contributed by atoms with van der Waals surface area (Å²) in [6.45, 7) is 0. The Bertz CT molecular complexity index is 746. The molecule has 0 N–H and O–H groups in total. The molecule has 0 radical (unpaired) electrons. The maximum absolute atomic E-state index is 6.11. The largest absolute Gasteiger partial charge is 0.480 e. The Labute approximate surface area is 115 Å². The Kier molecular flexibility index (Phi) is 3.01. The molecule has 0 atom stereocenters. The number of ether oxygens (including phenoxy) is 1. The molecule has 0 unspecified atom stereocenters. The zero-order valence-corrected chi connectivity index (χ0v) is 10.9. The zero-order valence-electron chi connectivity index (χ0n) is 10.2. The molecule has 0 bridgehead atoms. The third kappa shape index (κ3) is 2.11. The minimum atomic E-state index is 0.470. The molecule has 3 rings (SSSR count). The number of halogens is 1. The van der Waals surface area contributed by atoms with Crippen LogP contribution in [0, 0.1) is 0 Å². The van der Waals surface area contributed by atoms with Gasteiger partial charge in [0.05, 0.1) is 18.0 Å². The highest BCUT2D eigenvalue weighted by atomic mass is 35.5. The monoisotopic (exact) mass is 271 g/mol. The van der Waals surface area contributed by atoms with Crippen LogP contribution < -0.4 is 4.74 Å². The van der Waals surface area contributed by atoms with Crippen molar-refractivity contribution >= 4 is 22.5 Å². The first kappa shape index (κ1) is 11.9. The number of aromatic nitrogens is 3. The first-order chi connectivity index (χ1) is 9.29. The molecule has 0 fully saturated rings. The van der Waals surface area contributed by atoms with Crippen LogP contribution in [0.3, 0.4) is 0 Å². The summed E-state index contributed by atoms with van der Waals surface area (Å²) < 4.78 is 5.25. The third-order valence-electron chi connectivity index (χ3n) is 2.86. The van der Waals surface area contributed by atoms with Gasteiger partial charge in [0.15, 0.2) is 0 Å². The summed E-state index contributed by atoms with van der Waals surface area (Å²) in [6, 6.07) is 9.60. The number of benzene rings is 1. The lowest BCUT2D eigenvalue weighted by atomic mass is 10.1. The van der Waals surface area contributed by atoms with E-state index in [9.17, 15) is 0 Å². The molecule has 19 heavy (non-hydrogen) atoms. The van der Waals surface area contributed by atoms with Crippen LogP contribution in [0.1, 0.15) is 0 Å². The van der Waals surface area contributed by atoms with E-state index in [1.807, 2.05) is 30.3 Å². The third-order valence-corrected chi connectivity index (χ3v) is 3.16. The van der Waals surface area contributed by atoms with E-state index in [0.29, 0.717) is 11.0 Å². The lowest BCUT2D eigenvalue weighted by Gasteiger charge is -2.07. The highest BCUT2D eigenvalue weighted by molar-refractivity contribution is 6.32. The second kappa shape index (κ2) is 4.82. The van der Waals surface area contributed by atoms with Gasteiger partial charge in [-0.1, -0.05) is 17.7 Å². The second-order valence-corrected chi connectivity index (χ2v) is 4.31. The molecule has 94 valence electrons. The van der Waals surface area contributed by atoms with Crippen LogP contribution in [0.15, 0.2) is 42.9 Å². The zero-order chi connectivity index (χ0) is 13.2. The van der Waals surface area contributed by atoms with Crippen molar-refractivity contribution in [3.05, 3.63) is 48.0 Å². The minimum Gasteiger partial charge on any atom is -0.480 e. The molecule has 0 amide bonds. The number of fused-ring (bicyclic) bond motifs is 1. The van der Waals surface area contributed by atoms with E-state index in [4.69, 9.17) is 16.3 Å². The van der Waals surface area contributed by atoms with Crippen molar-refractivity contribution in [3.8, 4) is 17.0 Å². The van der Waals surface area contributed by atoms with Crippen LogP contribution in [0.4, 0.5) is 0 Å². The molecule has 0 saturated heterocycles. The van der Waals surface area contributed by atoms with Gasteiger partial charge in [0.2, 0.25) is 5.88 Å². The van der Waals surface area contributed by atoms with Crippen molar-refractivity contribution < 1.29 is 4.74 Å². The highest BCUT2D eigenvalue weighted by Gasteiger charge is 2.08. The lowest BCUT2D eigenvalue weighted by molar-refractivity contribution is 0.402. The summed E-state index contributed by atoms with van der Waals surface area (Å²) in [5, 5.41) is 1.32. The summed E-state index contributed by atoms with van der Waals surface area (Å²) in [4.78, 5) is 12.4. The van der Waals surface area contributed by atoms with E-state index >= 15 is 0 Å². The van der Waals surface area contributed by atoms with Gasteiger partial charge >= 0.3 is 0 Å². The fourth-order valence-corrected chi connectivity index (χ4v) is 2.19. The van der Waals surface area contributed by atoms with Gasteiger partial charge in [-0.2, -0.15) is 0 Å². The number of nitrogens with zero attached hydrogens (tertiary/aromatic N) is 3. The molecule has 0 aliphatic heterocycles. The van der Waals surface area contributed by atoms with Gasteiger partial charge in [0.25, 0.3) is 0 Å². The van der Waals surface area contributed by atoms with Gasteiger partial charge in [-0.25, -0.2) is 15.0 Å². The van der Waals surface area contributed by atoms with Crippen LogP contribution >= 0.6 is 11.6 Å². The van der Waals surface area contributed by atoms with Crippen molar-refractivity contribution in [2.24, 2.45) is 0 Å². The minimum absolute atomic E-state index is 0.470. The predicted octanol–water partition coefficient (Wildman–Crippen LogP) is 3.35. The van der Waals surface area contributed by atoms with E-state index in [1.54, 1.807) is 13.3 Å². The Hall–Kier alpha value is -2.20. The summed E-state index contributed by atoms with van der Waals surface area (Å²) in [6.07, 6.45) is 3.15. The summed E-state index contributed by atoms with van der Waals surface area (Å²) >= 11 is 6.11. The fourth-order valence-electron chi connectivity index (χ4n) is 1.96. The Balaban J connectivity index is 2.24. The van der Waals surface area contributed by atoms with Crippen LogP contribution in [-0.2, 0) is 0 Å². The maximum atomic E-state index is 6.11. The molecular weight excluding hydrogens is 262 g/mol. The number of hydrogen-bond donors (Lipinski definition) is 0. The first-order valence-electron chi connectivity index (χ1n) is 5.69. The Morgan fingerprint density at radius 2 is 2.00 bits per heavy atom. The maximum Gasteiger partial charge on any atom is 0.224 e. The smallest absolute Gasteiger partial charge is 0.224 e. The van der Waals surface area contributed by atoms with Gasteiger partial charge in [-0.15, -0.1) is 0 Å². The quantitative estimate of drug-likeness (QED) is 0.671. The fraction of sp³-hybridized carbons (Fsp3) is 0.0714. The first-order valence-corrected chi connectivity index (χ1v) is 6.07. The molecule has 3 aromatic rings. The molecule has 4 nitrogen and oxygen atoms in total. The average Bonchev–Trinajstić information content (AvgIpc) is 2.46. The Morgan fingerprint density at radius 3 is 2.79 bits per heavy atom. The van der Waals surface area contributed by atoms with E-state index < -0.39 is 0 Å². The van der Waals surface area contributed by atoms with Crippen LogP contribution in [-0.4, -0.2) is 22.1 Å². The molecule has 0 aliphatic rings. The molecule has 0 spiro atoms. The van der Waals surface area contributed by atoms with Crippen LogP contribution in [0.2, 0.25) is 5.15 Å². The van der Waals surface area contributed by atoms with E-state index in [2.05, 4.69) is 15.0 Å². The van der Waals surface area contributed by atoms with Crippen molar-refractivity contribution in [1.29, 1.82) is 0 Å². The van der Waals surface area contributed by atoms with Crippen LogP contribution in [0.25, 0.3) is 22.0 Å². The predicted molar refractivity (Wildman–Crippen MR) is 74.3 cm³/mol. The molecule has 0 aliphatic carbocycles. The van der Waals surface area contributed by atoms with Gasteiger partial charge in [0, 0.05) is 11.8 Å².